The molecule has 0 saturated heterocycles. The van der Waals surface area contributed by atoms with Gasteiger partial charge in [0.05, 0.1) is 25.0 Å². The Morgan fingerprint density at radius 3 is 1.53 bits per heavy atom. The van der Waals surface area contributed by atoms with Crippen molar-refractivity contribution in [3.8, 4) is 22.6 Å². The molecule has 100 valence electrons. The van der Waals surface area contributed by atoms with E-state index in [0.717, 1.165) is 25.8 Å². The van der Waals surface area contributed by atoms with Gasteiger partial charge < -0.3 is 9.84 Å². The third-order valence-electron chi connectivity index (χ3n) is 2.55. The van der Waals surface area contributed by atoms with Crippen molar-refractivity contribution in [1.82, 2.24) is 0 Å². The Morgan fingerprint density at radius 1 is 0.789 bits per heavy atom. The Labute approximate surface area is 144 Å². The van der Waals surface area contributed by atoms with Crippen LogP contribution in [0.3, 0.4) is 0 Å². The quantitative estimate of drug-likeness (QED) is 0.522. The molecule has 0 amide bonds. The van der Waals surface area contributed by atoms with Gasteiger partial charge in [-0.25, -0.2) is 0 Å². The highest BCUT2D eigenvalue weighted by atomic mass is 79.9. The molecule has 6 heteroatoms. The van der Waals surface area contributed by atoms with Crippen molar-refractivity contribution in [3.05, 3.63) is 42.2 Å². The normalized spacial score (nSPS) is 10.6. The van der Waals surface area contributed by atoms with Crippen LogP contribution in [-0.4, -0.2) is 12.2 Å². The van der Waals surface area contributed by atoms with Crippen molar-refractivity contribution in [2.45, 2.75) is 0 Å². The zero-order chi connectivity index (χ0) is 14.2. The third kappa shape index (κ3) is 3.17. The maximum absolute atomic E-state index is 9.74. The summed E-state index contributed by atoms with van der Waals surface area (Å²) in [4.78, 5) is 0. The smallest absolute Gasteiger partial charge is 0.147 e. The predicted molar refractivity (Wildman–Crippen MR) is 90.9 cm³/mol. The number of hydrogen-bond donors (Lipinski definition) is 1. The van der Waals surface area contributed by atoms with Crippen LogP contribution >= 0.6 is 63.7 Å². The van der Waals surface area contributed by atoms with Gasteiger partial charge in [0.25, 0.3) is 0 Å². The van der Waals surface area contributed by atoms with Crippen LogP contribution < -0.4 is 4.74 Å². The molecule has 0 heterocycles. The molecule has 0 atom stereocenters. The second-order valence-electron chi connectivity index (χ2n) is 3.76. The van der Waals surface area contributed by atoms with Crippen molar-refractivity contribution < 1.29 is 9.84 Å². The number of ether oxygens (including phenoxy) is 1. The largest absolute Gasteiger partial charge is 0.506 e. The number of rotatable bonds is 2. The molecule has 2 aromatic carbocycles. The Hall–Kier alpha value is -0.0400. The van der Waals surface area contributed by atoms with E-state index >= 15 is 0 Å². The number of benzene rings is 2. The first kappa shape index (κ1) is 15.4. The SMILES string of the molecule is COc1c(Br)cc(-c2cc(Br)c(O)c(Br)c2)cc1Br. The van der Waals surface area contributed by atoms with Gasteiger partial charge in [0, 0.05) is 0 Å². The summed E-state index contributed by atoms with van der Waals surface area (Å²) >= 11 is 13.6. The van der Waals surface area contributed by atoms with Crippen LogP contribution in [0.1, 0.15) is 0 Å². The molecule has 19 heavy (non-hydrogen) atoms. The van der Waals surface area contributed by atoms with Gasteiger partial charge in [-0.1, -0.05) is 0 Å². The highest BCUT2D eigenvalue weighted by molar-refractivity contribution is 9.11. The van der Waals surface area contributed by atoms with Crippen molar-refractivity contribution in [1.29, 1.82) is 0 Å². The molecule has 0 fully saturated rings. The van der Waals surface area contributed by atoms with E-state index in [-0.39, 0.29) is 5.75 Å². The highest BCUT2D eigenvalue weighted by Crippen LogP contribution is 2.41. The van der Waals surface area contributed by atoms with Crippen LogP contribution in [0, 0.1) is 0 Å². The van der Waals surface area contributed by atoms with Gasteiger partial charge in [-0.05, 0) is 99.1 Å². The maximum atomic E-state index is 9.74. The van der Waals surface area contributed by atoms with E-state index in [9.17, 15) is 5.11 Å². The minimum atomic E-state index is 0.190. The number of methoxy groups -OCH3 is 1. The molecule has 0 aliphatic rings. The van der Waals surface area contributed by atoms with Gasteiger partial charge in [-0.2, -0.15) is 0 Å². The summed E-state index contributed by atoms with van der Waals surface area (Å²) in [7, 11) is 1.62. The molecule has 0 bridgehead atoms. The zero-order valence-electron chi connectivity index (χ0n) is 9.68. The van der Waals surface area contributed by atoms with Crippen molar-refractivity contribution >= 4 is 63.7 Å². The monoisotopic (exact) mass is 512 g/mol. The number of halogens is 4. The molecule has 0 aromatic heterocycles. The number of phenols is 1. The Morgan fingerprint density at radius 2 is 1.16 bits per heavy atom. The lowest BCUT2D eigenvalue weighted by Crippen LogP contribution is -1.88. The summed E-state index contributed by atoms with van der Waals surface area (Å²) in [6, 6.07) is 7.66. The molecule has 0 unspecified atom stereocenters. The van der Waals surface area contributed by atoms with E-state index in [4.69, 9.17) is 4.74 Å². The van der Waals surface area contributed by atoms with E-state index in [1.54, 1.807) is 7.11 Å². The fourth-order valence-corrected chi connectivity index (χ4v) is 4.35. The Kier molecular flexibility index (Phi) is 4.98. The number of hydrogen-bond acceptors (Lipinski definition) is 2. The van der Waals surface area contributed by atoms with E-state index in [2.05, 4.69) is 63.7 Å². The highest BCUT2D eigenvalue weighted by Gasteiger charge is 2.12. The summed E-state index contributed by atoms with van der Waals surface area (Å²) in [6.07, 6.45) is 0. The minimum absolute atomic E-state index is 0.190. The second-order valence-corrected chi connectivity index (χ2v) is 7.18. The van der Waals surface area contributed by atoms with Gasteiger partial charge >= 0.3 is 0 Å². The minimum Gasteiger partial charge on any atom is -0.506 e. The average Bonchev–Trinajstić information content (AvgIpc) is 2.35. The van der Waals surface area contributed by atoms with E-state index < -0.39 is 0 Å². The summed E-state index contributed by atoms with van der Waals surface area (Å²) in [5.74, 6) is 0.941. The summed E-state index contributed by atoms with van der Waals surface area (Å²) < 4.78 is 8.28. The first-order valence-electron chi connectivity index (χ1n) is 5.15. The standard InChI is InChI=1S/C13H8Br4O2/c1-19-13-10(16)4-7(5-11(13)17)6-2-8(14)12(18)9(15)3-6/h2-5,18H,1H3. The Bertz CT molecular complexity index is 595. The van der Waals surface area contributed by atoms with E-state index in [1.165, 1.54) is 0 Å². The Balaban J connectivity index is 2.60. The molecule has 0 aliphatic carbocycles. The van der Waals surface area contributed by atoms with Crippen LogP contribution in [0.4, 0.5) is 0 Å². The van der Waals surface area contributed by atoms with Gasteiger partial charge in [0.15, 0.2) is 0 Å². The summed E-state index contributed by atoms with van der Waals surface area (Å²) in [5.41, 5.74) is 1.97. The van der Waals surface area contributed by atoms with Crippen molar-refractivity contribution in [2.75, 3.05) is 7.11 Å². The van der Waals surface area contributed by atoms with Crippen LogP contribution in [0.2, 0.25) is 0 Å². The fraction of sp³-hybridized carbons (Fsp3) is 0.0769. The van der Waals surface area contributed by atoms with Gasteiger partial charge in [-0.15, -0.1) is 0 Å². The third-order valence-corrected chi connectivity index (χ3v) is 4.94. The van der Waals surface area contributed by atoms with E-state index in [0.29, 0.717) is 8.95 Å². The maximum Gasteiger partial charge on any atom is 0.147 e. The van der Waals surface area contributed by atoms with Crippen molar-refractivity contribution in [3.63, 3.8) is 0 Å². The molecule has 2 aromatic rings. The molecule has 0 radical (unpaired) electrons. The predicted octanol–water partition coefficient (Wildman–Crippen LogP) is 6.12. The molecule has 2 nitrogen and oxygen atoms in total. The van der Waals surface area contributed by atoms with Crippen LogP contribution in [0.25, 0.3) is 11.1 Å². The molecule has 0 aliphatic heterocycles. The van der Waals surface area contributed by atoms with Crippen LogP contribution in [0.5, 0.6) is 11.5 Å². The van der Waals surface area contributed by atoms with Crippen LogP contribution in [0.15, 0.2) is 42.2 Å². The summed E-state index contributed by atoms with van der Waals surface area (Å²) in [5, 5.41) is 9.74. The average molecular weight is 516 g/mol. The van der Waals surface area contributed by atoms with Gasteiger partial charge in [0.2, 0.25) is 0 Å². The van der Waals surface area contributed by atoms with E-state index in [1.807, 2.05) is 24.3 Å². The molecular formula is C13H8Br4O2. The number of aromatic hydroxyl groups is 1. The zero-order valence-corrected chi connectivity index (χ0v) is 16.0. The lowest BCUT2D eigenvalue weighted by atomic mass is 10.1. The van der Waals surface area contributed by atoms with Crippen molar-refractivity contribution in [2.24, 2.45) is 0 Å². The van der Waals surface area contributed by atoms with Gasteiger partial charge in [0.1, 0.15) is 11.5 Å². The second kappa shape index (κ2) is 6.16. The molecule has 2 rings (SSSR count). The first-order chi connectivity index (χ1) is 8.93. The number of phenolic OH excluding ortho intramolecular Hbond substituents is 1. The molecular weight excluding hydrogens is 508 g/mol. The molecule has 0 spiro atoms. The summed E-state index contributed by atoms with van der Waals surface area (Å²) in [6.45, 7) is 0. The molecule has 1 N–H and O–H groups in total. The lowest BCUT2D eigenvalue weighted by molar-refractivity contribution is 0.409. The lowest BCUT2D eigenvalue weighted by Gasteiger charge is -2.11. The first-order valence-corrected chi connectivity index (χ1v) is 8.32. The topological polar surface area (TPSA) is 29.5 Å². The van der Waals surface area contributed by atoms with Gasteiger partial charge in [-0.3, -0.25) is 0 Å². The molecule has 0 saturated carbocycles. The fourth-order valence-electron chi connectivity index (χ4n) is 1.65. The van der Waals surface area contributed by atoms with Crippen LogP contribution in [-0.2, 0) is 0 Å².